The summed E-state index contributed by atoms with van der Waals surface area (Å²) >= 11 is 0. The number of rotatable bonds is 6. The molecule has 2 fully saturated rings. The van der Waals surface area contributed by atoms with Crippen molar-refractivity contribution in [3.63, 3.8) is 0 Å². The third kappa shape index (κ3) is 5.67. The molecule has 2 heterocycles. The molecule has 2 N–H and O–H groups in total. The fourth-order valence-corrected chi connectivity index (χ4v) is 6.19. The van der Waals surface area contributed by atoms with Crippen molar-refractivity contribution in [2.75, 3.05) is 42.5 Å². The minimum absolute atomic E-state index is 0.0411. The lowest BCUT2D eigenvalue weighted by Crippen LogP contribution is -2.59. The second kappa shape index (κ2) is 11.8. The maximum absolute atomic E-state index is 13.8. The molecule has 0 radical (unpaired) electrons. The van der Waals surface area contributed by atoms with Crippen LogP contribution in [0.25, 0.3) is 0 Å². The van der Waals surface area contributed by atoms with Crippen LogP contribution in [0.3, 0.4) is 0 Å². The molecular formula is C33H37N5O2. The van der Waals surface area contributed by atoms with E-state index in [-0.39, 0.29) is 12.5 Å². The molecule has 0 aromatic heterocycles. The predicted molar refractivity (Wildman–Crippen MR) is 158 cm³/mol. The Morgan fingerprint density at radius 3 is 2.33 bits per heavy atom. The number of anilines is 2. The van der Waals surface area contributed by atoms with Crippen molar-refractivity contribution in [2.24, 2.45) is 11.7 Å². The van der Waals surface area contributed by atoms with Crippen LogP contribution in [0.5, 0.6) is 0 Å². The molecule has 3 aromatic carbocycles. The summed E-state index contributed by atoms with van der Waals surface area (Å²) < 4.78 is 0. The number of carbonyl (C=O) groups is 2. The van der Waals surface area contributed by atoms with Crippen molar-refractivity contribution in [3.8, 4) is 6.07 Å². The average molecular weight is 536 g/mol. The number of benzene rings is 3. The van der Waals surface area contributed by atoms with Crippen molar-refractivity contribution in [1.82, 2.24) is 4.90 Å². The number of nitriles is 1. The van der Waals surface area contributed by atoms with Crippen LogP contribution in [0.4, 0.5) is 11.4 Å². The maximum Gasteiger partial charge on any atom is 0.254 e. The standard InChI is InChI=1S/C33H37N5O2/c1-23-18-24(2)29(33(40)37-16-17-38(31(22-37)32(35)39)28-9-4-3-5-10-28)20-27(23)19-25-12-14-36(15-13-25)30-11-7-6-8-26(30)21-34/h3-11,18,20,25,31H,12-17,19,22H2,1-2H3,(H2,35,39). The minimum atomic E-state index is -0.568. The zero-order valence-electron chi connectivity index (χ0n) is 23.3. The van der Waals surface area contributed by atoms with Gasteiger partial charge in [0.1, 0.15) is 12.1 Å². The lowest BCUT2D eigenvalue weighted by atomic mass is 9.86. The van der Waals surface area contributed by atoms with Gasteiger partial charge < -0.3 is 20.4 Å². The number of amides is 2. The molecule has 7 nitrogen and oxygen atoms in total. The highest BCUT2D eigenvalue weighted by molar-refractivity contribution is 5.97. The fraction of sp³-hybridized carbons (Fsp3) is 0.364. The number of carbonyl (C=O) groups excluding carboxylic acids is 2. The molecule has 0 aliphatic carbocycles. The second-order valence-electron chi connectivity index (χ2n) is 11.1. The van der Waals surface area contributed by atoms with Crippen LogP contribution >= 0.6 is 0 Å². The molecule has 7 heteroatoms. The summed E-state index contributed by atoms with van der Waals surface area (Å²) in [6.45, 7) is 7.30. The number of nitrogens with zero attached hydrogens (tertiary/aromatic N) is 4. The van der Waals surface area contributed by atoms with Crippen molar-refractivity contribution in [2.45, 2.75) is 39.2 Å². The Labute approximate surface area is 236 Å². The van der Waals surface area contributed by atoms with Crippen LogP contribution in [0, 0.1) is 31.1 Å². The number of nitrogens with two attached hydrogens (primary N) is 1. The Morgan fingerprint density at radius 2 is 1.62 bits per heavy atom. The van der Waals surface area contributed by atoms with E-state index in [2.05, 4.69) is 30.0 Å². The summed E-state index contributed by atoms with van der Waals surface area (Å²) in [5, 5.41) is 9.49. The van der Waals surface area contributed by atoms with Gasteiger partial charge in [-0.15, -0.1) is 0 Å². The third-order valence-corrected chi connectivity index (χ3v) is 8.49. The van der Waals surface area contributed by atoms with Crippen LogP contribution in [0.1, 0.15) is 45.5 Å². The van der Waals surface area contributed by atoms with Crippen LogP contribution in [0.2, 0.25) is 0 Å². The largest absolute Gasteiger partial charge is 0.370 e. The van der Waals surface area contributed by atoms with Crippen LogP contribution in [-0.2, 0) is 11.2 Å². The molecule has 40 heavy (non-hydrogen) atoms. The summed E-state index contributed by atoms with van der Waals surface area (Å²) in [7, 11) is 0. The quantitative estimate of drug-likeness (QED) is 0.503. The Bertz CT molecular complexity index is 1420. The van der Waals surface area contributed by atoms with Crippen molar-refractivity contribution in [3.05, 3.63) is 94.5 Å². The molecule has 2 aliphatic rings. The molecule has 2 amide bonds. The van der Waals surface area contributed by atoms with E-state index in [0.717, 1.165) is 54.9 Å². The topological polar surface area (TPSA) is 93.7 Å². The lowest BCUT2D eigenvalue weighted by Gasteiger charge is -2.41. The first kappa shape index (κ1) is 27.3. The molecule has 1 unspecified atom stereocenters. The third-order valence-electron chi connectivity index (χ3n) is 8.49. The van der Waals surface area contributed by atoms with E-state index in [1.165, 1.54) is 11.1 Å². The molecule has 0 saturated carbocycles. The van der Waals surface area contributed by atoms with Gasteiger partial charge in [0.2, 0.25) is 5.91 Å². The average Bonchev–Trinajstić information content (AvgIpc) is 2.98. The first-order valence-corrected chi connectivity index (χ1v) is 14.1. The highest BCUT2D eigenvalue weighted by Gasteiger charge is 2.34. The molecule has 2 aliphatic heterocycles. The smallest absolute Gasteiger partial charge is 0.254 e. The van der Waals surface area contributed by atoms with Gasteiger partial charge in [-0.05, 0) is 86.1 Å². The van der Waals surface area contributed by atoms with Gasteiger partial charge in [-0.25, -0.2) is 0 Å². The first-order valence-electron chi connectivity index (χ1n) is 14.1. The molecule has 3 aromatic rings. The maximum atomic E-state index is 13.8. The SMILES string of the molecule is Cc1cc(C)c(C(=O)N2CCN(c3ccccc3)C(C(N)=O)C2)cc1CC1CCN(c2ccccc2C#N)CC1. The number of piperazine rings is 1. The van der Waals surface area contributed by atoms with Gasteiger partial charge in [0.25, 0.3) is 5.91 Å². The van der Waals surface area contributed by atoms with E-state index < -0.39 is 11.9 Å². The van der Waals surface area contributed by atoms with Gasteiger partial charge in [0.15, 0.2) is 0 Å². The number of hydrogen-bond donors (Lipinski definition) is 1. The fourth-order valence-electron chi connectivity index (χ4n) is 6.19. The van der Waals surface area contributed by atoms with Gasteiger partial charge in [0, 0.05) is 37.4 Å². The first-order chi connectivity index (χ1) is 19.4. The number of para-hydroxylation sites is 2. The normalized spacial score (nSPS) is 17.9. The van der Waals surface area contributed by atoms with Gasteiger partial charge in [-0.1, -0.05) is 36.4 Å². The molecule has 1 atom stereocenters. The molecule has 5 rings (SSSR count). The second-order valence-corrected chi connectivity index (χ2v) is 11.1. The minimum Gasteiger partial charge on any atom is -0.370 e. The number of hydrogen-bond acceptors (Lipinski definition) is 5. The predicted octanol–water partition coefficient (Wildman–Crippen LogP) is 4.45. The van der Waals surface area contributed by atoms with Gasteiger partial charge in [-0.3, -0.25) is 9.59 Å². The van der Waals surface area contributed by atoms with Gasteiger partial charge in [-0.2, -0.15) is 5.26 Å². The summed E-state index contributed by atoms with van der Waals surface area (Å²) in [5.41, 5.74) is 12.6. The molecule has 206 valence electrons. The molecular weight excluding hydrogens is 498 g/mol. The molecule has 0 spiro atoms. The number of aryl methyl sites for hydroxylation is 2. The Morgan fingerprint density at radius 1 is 0.925 bits per heavy atom. The van der Waals surface area contributed by atoms with E-state index in [0.29, 0.717) is 24.6 Å². The zero-order valence-corrected chi connectivity index (χ0v) is 23.3. The van der Waals surface area contributed by atoms with Crippen molar-refractivity contribution in [1.29, 1.82) is 5.26 Å². The summed E-state index contributed by atoms with van der Waals surface area (Å²) in [4.78, 5) is 32.3. The lowest BCUT2D eigenvalue weighted by molar-refractivity contribution is -0.119. The summed E-state index contributed by atoms with van der Waals surface area (Å²) in [6.07, 6.45) is 3.00. The van der Waals surface area contributed by atoms with E-state index in [4.69, 9.17) is 5.73 Å². The summed E-state index contributed by atoms with van der Waals surface area (Å²) in [6, 6.07) is 23.5. The van der Waals surface area contributed by atoms with Gasteiger partial charge in [0.05, 0.1) is 17.8 Å². The Balaban J connectivity index is 1.27. The highest BCUT2D eigenvalue weighted by Crippen LogP contribution is 2.30. The van der Waals surface area contributed by atoms with Gasteiger partial charge >= 0.3 is 0 Å². The van der Waals surface area contributed by atoms with E-state index in [1.807, 2.05) is 66.4 Å². The highest BCUT2D eigenvalue weighted by atomic mass is 16.2. The monoisotopic (exact) mass is 535 g/mol. The Hall–Kier alpha value is -4.31. The van der Waals surface area contributed by atoms with Crippen molar-refractivity contribution >= 4 is 23.2 Å². The van der Waals surface area contributed by atoms with E-state index >= 15 is 0 Å². The zero-order chi connectivity index (χ0) is 28.2. The van der Waals surface area contributed by atoms with Crippen LogP contribution < -0.4 is 15.5 Å². The van der Waals surface area contributed by atoms with E-state index in [9.17, 15) is 14.9 Å². The van der Waals surface area contributed by atoms with Crippen LogP contribution in [0.15, 0.2) is 66.7 Å². The van der Waals surface area contributed by atoms with E-state index in [1.54, 1.807) is 4.90 Å². The number of primary amides is 1. The summed E-state index contributed by atoms with van der Waals surface area (Å²) in [5.74, 6) is 0.0514. The van der Waals surface area contributed by atoms with Crippen LogP contribution in [-0.4, -0.2) is 55.5 Å². The Kier molecular flexibility index (Phi) is 8.06. The molecule has 0 bridgehead atoms. The number of piperidine rings is 1. The molecule has 2 saturated heterocycles. The van der Waals surface area contributed by atoms with Crippen molar-refractivity contribution < 1.29 is 9.59 Å².